The molecule has 0 saturated heterocycles. The average molecular weight is 434 g/mol. The fourth-order valence-corrected chi connectivity index (χ4v) is 2.96. The maximum Gasteiger partial charge on any atom is 0.358 e. The Hall–Kier alpha value is -4.26. The van der Waals surface area contributed by atoms with Crippen molar-refractivity contribution in [2.45, 2.75) is 33.1 Å². The van der Waals surface area contributed by atoms with Crippen molar-refractivity contribution in [1.29, 1.82) is 5.26 Å². The second kappa shape index (κ2) is 8.47. The number of hydrogen-bond donors (Lipinski definition) is 2. The molecule has 10 nitrogen and oxygen atoms in total. The molecule has 0 aliphatic carbocycles. The summed E-state index contributed by atoms with van der Waals surface area (Å²) < 4.78 is 6.63. The number of rotatable bonds is 5. The number of carbonyl (C=O) groups is 2. The van der Waals surface area contributed by atoms with Crippen molar-refractivity contribution in [3.63, 3.8) is 0 Å². The van der Waals surface area contributed by atoms with Gasteiger partial charge in [0.25, 0.3) is 5.91 Å². The van der Waals surface area contributed by atoms with Crippen molar-refractivity contribution >= 4 is 17.6 Å². The van der Waals surface area contributed by atoms with Crippen LogP contribution in [0.4, 0.5) is 5.69 Å². The predicted molar refractivity (Wildman–Crippen MR) is 115 cm³/mol. The summed E-state index contributed by atoms with van der Waals surface area (Å²) in [5, 5.41) is 28.8. The largest absolute Gasteiger partial charge is 0.492 e. The van der Waals surface area contributed by atoms with Crippen LogP contribution < -0.4 is 10.1 Å². The minimum Gasteiger partial charge on any atom is -0.492 e. The zero-order valence-corrected chi connectivity index (χ0v) is 18.3. The number of aryl methyl sites for hydroxylation is 1. The molecule has 0 atom stereocenters. The lowest BCUT2D eigenvalue weighted by Gasteiger charge is -2.21. The molecule has 0 radical (unpaired) electrons. The number of carbonyl (C=O) groups excluding carboxylic acids is 1. The number of carboxylic acid groups (broad SMARTS) is 1. The number of methoxy groups -OCH3 is 1. The van der Waals surface area contributed by atoms with Gasteiger partial charge < -0.3 is 15.2 Å². The van der Waals surface area contributed by atoms with E-state index in [1.165, 1.54) is 18.0 Å². The van der Waals surface area contributed by atoms with E-state index in [2.05, 4.69) is 20.6 Å². The molecule has 0 spiro atoms. The standard InChI is InChI=1S/C22H22N6O4/c1-12-6-7-13(8-17(12)28-11-16(21(30)31)26-27-28)20(29)25-14-9-18(22(2,3)4)24-15(10-23)19(14)32-5/h6-9,11H,1-5H3,(H,30,31)(H,24,25,29). The molecule has 0 unspecified atom stereocenters. The van der Waals surface area contributed by atoms with Gasteiger partial charge in [-0.1, -0.05) is 32.1 Å². The molecule has 0 aliphatic heterocycles. The lowest BCUT2D eigenvalue weighted by atomic mass is 9.91. The van der Waals surface area contributed by atoms with Crippen LogP contribution in [0.5, 0.6) is 5.75 Å². The molecule has 1 amide bonds. The van der Waals surface area contributed by atoms with Crippen molar-refractivity contribution < 1.29 is 19.4 Å². The van der Waals surface area contributed by atoms with Crippen molar-refractivity contribution in [1.82, 2.24) is 20.0 Å². The van der Waals surface area contributed by atoms with E-state index < -0.39 is 11.9 Å². The van der Waals surface area contributed by atoms with Crippen LogP contribution in [0.15, 0.2) is 30.5 Å². The van der Waals surface area contributed by atoms with Crippen LogP contribution in [0.2, 0.25) is 0 Å². The molecule has 0 aliphatic rings. The van der Waals surface area contributed by atoms with Gasteiger partial charge in [-0.05, 0) is 30.7 Å². The number of ether oxygens (including phenoxy) is 1. The minimum atomic E-state index is -1.20. The Morgan fingerprint density at radius 1 is 1.25 bits per heavy atom. The number of benzene rings is 1. The summed E-state index contributed by atoms with van der Waals surface area (Å²) in [5.41, 5.74) is 2.03. The summed E-state index contributed by atoms with van der Waals surface area (Å²) in [4.78, 5) is 28.5. The number of pyridine rings is 1. The van der Waals surface area contributed by atoms with Gasteiger partial charge in [0.2, 0.25) is 0 Å². The summed E-state index contributed by atoms with van der Waals surface area (Å²) in [7, 11) is 1.40. The van der Waals surface area contributed by atoms with Gasteiger partial charge in [-0.25, -0.2) is 14.5 Å². The van der Waals surface area contributed by atoms with Crippen LogP contribution in [0.3, 0.4) is 0 Å². The van der Waals surface area contributed by atoms with E-state index in [1.54, 1.807) is 31.2 Å². The number of amides is 1. The molecule has 0 saturated carbocycles. The van der Waals surface area contributed by atoms with Crippen LogP contribution in [0.1, 0.15) is 58.6 Å². The molecular weight excluding hydrogens is 412 g/mol. The van der Waals surface area contributed by atoms with Gasteiger partial charge >= 0.3 is 5.97 Å². The molecule has 0 bridgehead atoms. The lowest BCUT2D eigenvalue weighted by Crippen LogP contribution is -2.18. The van der Waals surface area contributed by atoms with Crippen molar-refractivity contribution in [3.8, 4) is 17.5 Å². The molecule has 1 aromatic carbocycles. The third-order valence-corrected chi connectivity index (χ3v) is 4.73. The van der Waals surface area contributed by atoms with Gasteiger partial charge in [0.1, 0.15) is 6.07 Å². The Kier molecular flexibility index (Phi) is 5.93. The zero-order chi connectivity index (χ0) is 23.6. The first-order valence-electron chi connectivity index (χ1n) is 9.62. The summed E-state index contributed by atoms with van der Waals surface area (Å²) in [6.07, 6.45) is 1.27. The third kappa shape index (κ3) is 4.41. The highest BCUT2D eigenvalue weighted by Crippen LogP contribution is 2.33. The van der Waals surface area contributed by atoms with Gasteiger partial charge in [-0.15, -0.1) is 5.10 Å². The highest BCUT2D eigenvalue weighted by atomic mass is 16.5. The number of hydrogen-bond acceptors (Lipinski definition) is 7. The van der Waals surface area contributed by atoms with Gasteiger partial charge in [0.05, 0.1) is 24.7 Å². The summed E-state index contributed by atoms with van der Waals surface area (Å²) in [6, 6.07) is 8.62. The van der Waals surface area contributed by atoms with E-state index in [0.717, 1.165) is 5.56 Å². The highest BCUT2D eigenvalue weighted by molar-refractivity contribution is 6.05. The van der Waals surface area contributed by atoms with Crippen molar-refractivity contribution in [2.75, 3.05) is 12.4 Å². The van der Waals surface area contributed by atoms with Gasteiger partial charge in [0.15, 0.2) is 17.1 Å². The fraction of sp³-hybridized carbons (Fsp3) is 0.273. The topological polar surface area (TPSA) is 143 Å². The number of anilines is 1. The molecule has 3 aromatic rings. The molecule has 0 fully saturated rings. The normalized spacial score (nSPS) is 11.0. The first kappa shape index (κ1) is 22.4. The van der Waals surface area contributed by atoms with Crippen molar-refractivity contribution in [3.05, 3.63) is 58.7 Å². The van der Waals surface area contributed by atoms with Crippen LogP contribution >= 0.6 is 0 Å². The van der Waals surface area contributed by atoms with E-state index in [0.29, 0.717) is 22.6 Å². The molecule has 3 rings (SSSR count). The number of aromatic carboxylic acids is 1. The second-order valence-corrected chi connectivity index (χ2v) is 8.11. The Bertz CT molecular complexity index is 1250. The number of carboxylic acids is 1. The predicted octanol–water partition coefficient (Wildman–Crippen LogP) is 3.10. The van der Waals surface area contributed by atoms with E-state index in [-0.39, 0.29) is 22.6 Å². The summed E-state index contributed by atoms with van der Waals surface area (Å²) in [5.74, 6) is -1.47. The van der Waals surface area contributed by atoms with E-state index in [1.807, 2.05) is 26.8 Å². The van der Waals surface area contributed by atoms with Gasteiger partial charge in [0, 0.05) is 16.7 Å². The first-order valence-corrected chi connectivity index (χ1v) is 9.62. The SMILES string of the molecule is COc1c(NC(=O)c2ccc(C)c(-n3cc(C(=O)O)nn3)c2)cc(C(C)(C)C)nc1C#N. The quantitative estimate of drug-likeness (QED) is 0.623. The monoisotopic (exact) mass is 434 g/mol. The maximum atomic E-state index is 13.0. The van der Waals surface area contributed by atoms with Gasteiger partial charge in [-0.3, -0.25) is 4.79 Å². The van der Waals surface area contributed by atoms with E-state index >= 15 is 0 Å². The minimum absolute atomic E-state index is 0.0728. The Labute approximate surface area is 184 Å². The lowest BCUT2D eigenvalue weighted by molar-refractivity contribution is 0.0690. The molecule has 2 heterocycles. The molecule has 10 heteroatoms. The number of aromatic nitrogens is 4. The Morgan fingerprint density at radius 3 is 2.53 bits per heavy atom. The molecule has 164 valence electrons. The fourth-order valence-electron chi connectivity index (χ4n) is 2.96. The number of nitrogens with zero attached hydrogens (tertiary/aromatic N) is 5. The average Bonchev–Trinajstić information content (AvgIpc) is 3.23. The Balaban J connectivity index is 2.00. The number of nitriles is 1. The zero-order valence-electron chi connectivity index (χ0n) is 18.3. The Morgan fingerprint density at radius 2 is 1.97 bits per heavy atom. The van der Waals surface area contributed by atoms with Crippen LogP contribution in [0, 0.1) is 18.3 Å². The third-order valence-electron chi connectivity index (χ3n) is 4.73. The molecular formula is C22H22N6O4. The van der Waals surface area contributed by atoms with Gasteiger partial charge in [-0.2, -0.15) is 5.26 Å². The van der Waals surface area contributed by atoms with Crippen molar-refractivity contribution in [2.24, 2.45) is 0 Å². The second-order valence-electron chi connectivity index (χ2n) is 8.11. The van der Waals surface area contributed by atoms with Crippen LogP contribution in [-0.4, -0.2) is 44.1 Å². The van der Waals surface area contributed by atoms with E-state index in [4.69, 9.17) is 9.84 Å². The number of nitrogens with one attached hydrogen (secondary N) is 1. The first-order chi connectivity index (χ1) is 15.0. The maximum absolute atomic E-state index is 13.0. The van der Waals surface area contributed by atoms with Crippen LogP contribution in [-0.2, 0) is 5.41 Å². The highest BCUT2D eigenvalue weighted by Gasteiger charge is 2.23. The molecule has 2 aromatic heterocycles. The summed E-state index contributed by atoms with van der Waals surface area (Å²) >= 11 is 0. The van der Waals surface area contributed by atoms with Crippen LogP contribution in [0.25, 0.3) is 5.69 Å². The van der Waals surface area contributed by atoms with E-state index in [9.17, 15) is 14.9 Å². The molecule has 2 N–H and O–H groups in total. The smallest absolute Gasteiger partial charge is 0.358 e. The summed E-state index contributed by atoms with van der Waals surface area (Å²) in [6.45, 7) is 7.65. The molecule has 32 heavy (non-hydrogen) atoms.